The first-order valence-corrected chi connectivity index (χ1v) is 4.86. The molecule has 1 rings (SSSR count). The van der Waals surface area contributed by atoms with Gasteiger partial charge in [-0.2, -0.15) is 0 Å². The van der Waals surface area contributed by atoms with Crippen LogP contribution in [-0.4, -0.2) is 16.3 Å². The Morgan fingerprint density at radius 1 is 1.50 bits per heavy atom. The second-order valence-electron chi connectivity index (χ2n) is 3.01. The zero-order valence-corrected chi connectivity index (χ0v) is 8.70. The van der Waals surface area contributed by atoms with Crippen LogP contribution in [0.25, 0.3) is 6.08 Å². The average molecular weight is 213 g/mol. The van der Waals surface area contributed by atoms with E-state index in [1.807, 2.05) is 6.92 Å². The van der Waals surface area contributed by atoms with Gasteiger partial charge in [-0.3, -0.25) is 0 Å². The zero-order chi connectivity index (χ0) is 10.6. The van der Waals surface area contributed by atoms with Crippen LogP contribution in [0.2, 0.25) is 0 Å². The molecule has 0 aromatic heterocycles. The van der Waals surface area contributed by atoms with Gasteiger partial charge >= 0.3 is 0 Å². The van der Waals surface area contributed by atoms with Crippen LogP contribution in [0, 0.1) is 0 Å². The van der Waals surface area contributed by atoms with Gasteiger partial charge < -0.3 is 10.2 Å². The lowest BCUT2D eigenvalue weighted by Gasteiger charge is -2.06. The number of benzene rings is 1. The number of aliphatic hydroxyl groups excluding tert-OH is 1. The van der Waals surface area contributed by atoms with Gasteiger partial charge in [0.15, 0.2) is 0 Å². The maximum absolute atomic E-state index is 9.43. The van der Waals surface area contributed by atoms with Crippen LogP contribution >= 0.6 is 11.6 Å². The van der Waals surface area contributed by atoms with Gasteiger partial charge in [0.05, 0.1) is 6.10 Å². The van der Waals surface area contributed by atoms with Crippen molar-refractivity contribution in [2.45, 2.75) is 19.4 Å². The molecular formula is C11H13ClO2. The lowest BCUT2D eigenvalue weighted by molar-refractivity contribution is 0.215. The molecule has 0 radical (unpaired) electrons. The van der Waals surface area contributed by atoms with Gasteiger partial charge in [0.2, 0.25) is 0 Å². The van der Waals surface area contributed by atoms with Crippen molar-refractivity contribution in [3.05, 3.63) is 34.9 Å². The van der Waals surface area contributed by atoms with E-state index in [1.165, 1.54) is 0 Å². The molecule has 76 valence electrons. The van der Waals surface area contributed by atoms with Gasteiger partial charge in [-0.1, -0.05) is 36.7 Å². The molecule has 1 aromatic rings. The van der Waals surface area contributed by atoms with Crippen LogP contribution in [0.3, 0.4) is 0 Å². The number of hydrogen-bond donors (Lipinski definition) is 2. The average Bonchev–Trinajstić information content (AvgIpc) is 2.20. The second-order valence-corrected chi connectivity index (χ2v) is 3.45. The number of phenols is 1. The van der Waals surface area contributed by atoms with Crippen LogP contribution in [0.1, 0.15) is 18.9 Å². The van der Waals surface area contributed by atoms with Gasteiger partial charge in [0.1, 0.15) is 5.75 Å². The molecule has 1 aromatic carbocycles. The van der Waals surface area contributed by atoms with Crippen LogP contribution in [0.15, 0.2) is 29.3 Å². The highest BCUT2D eigenvalue weighted by Gasteiger charge is 2.06. The normalized spacial score (nSPS) is 14.1. The summed E-state index contributed by atoms with van der Waals surface area (Å²) in [4.78, 5) is 0. The second kappa shape index (κ2) is 5.03. The molecule has 1 unspecified atom stereocenters. The van der Waals surface area contributed by atoms with Crippen molar-refractivity contribution in [2.75, 3.05) is 0 Å². The highest BCUT2D eigenvalue weighted by molar-refractivity contribution is 6.32. The molecule has 14 heavy (non-hydrogen) atoms. The van der Waals surface area contributed by atoms with Crippen molar-refractivity contribution in [1.29, 1.82) is 0 Å². The van der Waals surface area contributed by atoms with E-state index in [9.17, 15) is 10.2 Å². The minimum absolute atomic E-state index is 0.161. The molecule has 0 aliphatic carbocycles. The molecule has 0 bridgehead atoms. The molecule has 2 nitrogen and oxygen atoms in total. The minimum atomic E-state index is -0.656. The third kappa shape index (κ3) is 2.76. The Hall–Kier alpha value is -0.990. The molecule has 2 N–H and O–H groups in total. The van der Waals surface area contributed by atoms with E-state index < -0.39 is 6.10 Å². The summed E-state index contributed by atoms with van der Waals surface area (Å²) in [7, 11) is 0. The van der Waals surface area contributed by atoms with Gasteiger partial charge in [0, 0.05) is 10.6 Å². The highest BCUT2D eigenvalue weighted by Crippen LogP contribution is 2.22. The van der Waals surface area contributed by atoms with Crippen LogP contribution in [-0.2, 0) is 0 Å². The lowest BCUT2D eigenvalue weighted by atomic mass is 10.1. The number of rotatable bonds is 3. The SMILES string of the molecule is CCC(O)/C(Cl)=C\c1ccccc1O. The monoisotopic (exact) mass is 212 g/mol. The molecule has 0 spiro atoms. The topological polar surface area (TPSA) is 40.5 Å². The molecule has 0 amide bonds. The Morgan fingerprint density at radius 2 is 2.14 bits per heavy atom. The number of phenolic OH excluding ortho intramolecular Hbond substituents is 1. The predicted molar refractivity (Wildman–Crippen MR) is 58.2 cm³/mol. The largest absolute Gasteiger partial charge is 0.507 e. The number of aromatic hydroxyl groups is 1. The first-order valence-electron chi connectivity index (χ1n) is 4.48. The molecular weight excluding hydrogens is 200 g/mol. The summed E-state index contributed by atoms with van der Waals surface area (Å²) in [5.74, 6) is 0.161. The number of aliphatic hydroxyl groups is 1. The number of hydrogen-bond acceptors (Lipinski definition) is 2. The van der Waals surface area contributed by atoms with E-state index in [1.54, 1.807) is 30.3 Å². The lowest BCUT2D eigenvalue weighted by Crippen LogP contribution is -2.03. The molecule has 1 atom stereocenters. The summed E-state index contributed by atoms with van der Waals surface area (Å²) >= 11 is 5.84. The quantitative estimate of drug-likeness (QED) is 0.809. The Labute approximate surface area is 88.5 Å². The Bertz CT molecular complexity index is 334. The zero-order valence-electron chi connectivity index (χ0n) is 7.94. The van der Waals surface area contributed by atoms with Crippen molar-refractivity contribution in [1.82, 2.24) is 0 Å². The third-order valence-electron chi connectivity index (χ3n) is 1.94. The van der Waals surface area contributed by atoms with Crippen LogP contribution in [0.4, 0.5) is 0 Å². The Balaban J connectivity index is 2.91. The van der Waals surface area contributed by atoms with E-state index in [-0.39, 0.29) is 5.75 Å². The summed E-state index contributed by atoms with van der Waals surface area (Å²) in [6.07, 6.45) is 1.48. The maximum atomic E-state index is 9.43. The Morgan fingerprint density at radius 3 is 2.71 bits per heavy atom. The standard InChI is InChI=1S/C11H13ClO2/c1-2-10(13)9(12)7-8-5-3-4-6-11(8)14/h3-7,10,13-14H,2H2,1H3/b9-7+. The van der Waals surface area contributed by atoms with E-state index in [4.69, 9.17) is 11.6 Å². The van der Waals surface area contributed by atoms with E-state index in [2.05, 4.69) is 0 Å². The van der Waals surface area contributed by atoms with Crippen molar-refractivity contribution in [3.8, 4) is 5.75 Å². The van der Waals surface area contributed by atoms with Crippen molar-refractivity contribution in [2.24, 2.45) is 0 Å². The van der Waals surface area contributed by atoms with Gasteiger partial charge in [-0.15, -0.1) is 0 Å². The van der Waals surface area contributed by atoms with E-state index in [0.717, 1.165) is 0 Å². The van der Waals surface area contributed by atoms with Crippen LogP contribution < -0.4 is 0 Å². The van der Waals surface area contributed by atoms with E-state index in [0.29, 0.717) is 17.0 Å². The molecule has 0 saturated carbocycles. The van der Waals surface area contributed by atoms with Crippen LogP contribution in [0.5, 0.6) is 5.75 Å². The summed E-state index contributed by atoms with van der Waals surface area (Å²) in [6.45, 7) is 1.84. The fourth-order valence-electron chi connectivity index (χ4n) is 1.05. The van der Waals surface area contributed by atoms with E-state index >= 15 is 0 Å². The van der Waals surface area contributed by atoms with Crippen molar-refractivity contribution in [3.63, 3.8) is 0 Å². The molecule has 0 aliphatic rings. The number of halogens is 1. The van der Waals surface area contributed by atoms with Crippen molar-refractivity contribution >= 4 is 17.7 Å². The summed E-state index contributed by atoms with van der Waals surface area (Å²) in [5, 5.41) is 19.2. The van der Waals surface area contributed by atoms with Gasteiger partial charge in [0.25, 0.3) is 0 Å². The molecule has 0 fully saturated rings. The third-order valence-corrected chi connectivity index (χ3v) is 2.30. The Kier molecular flexibility index (Phi) is 3.98. The first kappa shape index (κ1) is 11.1. The van der Waals surface area contributed by atoms with Gasteiger partial charge in [-0.05, 0) is 18.6 Å². The molecule has 3 heteroatoms. The summed E-state index contributed by atoms with van der Waals surface area (Å²) < 4.78 is 0. The minimum Gasteiger partial charge on any atom is -0.507 e. The molecule has 0 heterocycles. The molecule has 0 saturated heterocycles. The fraction of sp³-hybridized carbons (Fsp3) is 0.273. The number of para-hydroxylation sites is 1. The fourth-order valence-corrected chi connectivity index (χ4v) is 1.32. The summed E-state index contributed by atoms with van der Waals surface area (Å²) in [5.41, 5.74) is 0.616. The van der Waals surface area contributed by atoms with Gasteiger partial charge in [-0.25, -0.2) is 0 Å². The first-order chi connectivity index (χ1) is 6.65. The maximum Gasteiger partial charge on any atom is 0.122 e. The highest BCUT2D eigenvalue weighted by atomic mass is 35.5. The molecule has 0 aliphatic heterocycles. The predicted octanol–water partition coefficient (Wildman–Crippen LogP) is 2.74. The smallest absolute Gasteiger partial charge is 0.122 e. The van der Waals surface area contributed by atoms with Crippen molar-refractivity contribution < 1.29 is 10.2 Å². The summed E-state index contributed by atoms with van der Waals surface area (Å²) in [6, 6.07) is 6.85.